The Bertz CT molecular complexity index is 754. The minimum Gasteiger partial charge on any atom is -0.381 e. The van der Waals surface area contributed by atoms with Gasteiger partial charge in [-0.25, -0.2) is 4.98 Å². The van der Waals surface area contributed by atoms with Gasteiger partial charge in [0.15, 0.2) is 5.13 Å². The first-order chi connectivity index (χ1) is 11.3. The molecule has 1 aliphatic rings. The van der Waals surface area contributed by atoms with Crippen LogP contribution in [0.4, 0.5) is 18.3 Å². The Morgan fingerprint density at radius 2 is 2.08 bits per heavy atom. The summed E-state index contributed by atoms with van der Waals surface area (Å²) >= 11 is 1.24. The van der Waals surface area contributed by atoms with Crippen LogP contribution in [0.3, 0.4) is 0 Å². The number of hydrogen-bond acceptors (Lipinski definition) is 5. The van der Waals surface area contributed by atoms with Crippen LogP contribution in [-0.2, 0) is 15.7 Å². The monoisotopic (exact) mass is 359 g/mol. The SMILES string of the molecule is NC(=O)C1(CNc2nc3cc(C(F)(F)F)ccc3s2)CCOCC1. The molecular formula is C15H16F3N3O2S. The molecule has 9 heteroatoms. The zero-order valence-electron chi connectivity index (χ0n) is 12.7. The Balaban J connectivity index is 1.79. The van der Waals surface area contributed by atoms with Gasteiger partial charge in [0.2, 0.25) is 5.91 Å². The lowest BCUT2D eigenvalue weighted by Crippen LogP contribution is -2.46. The number of alkyl halides is 3. The molecule has 24 heavy (non-hydrogen) atoms. The standard InChI is InChI=1S/C15H16F3N3O2S/c16-15(17,18)9-1-2-11-10(7-9)21-13(24-11)20-8-14(12(19)22)3-5-23-6-4-14/h1-2,7H,3-6,8H2,(H2,19,22)(H,20,21). The third-order valence-electron chi connectivity index (χ3n) is 4.27. The third-order valence-corrected chi connectivity index (χ3v) is 5.26. The number of anilines is 1. The summed E-state index contributed by atoms with van der Waals surface area (Å²) in [7, 11) is 0. The van der Waals surface area contributed by atoms with Gasteiger partial charge in [-0.1, -0.05) is 11.3 Å². The zero-order valence-corrected chi connectivity index (χ0v) is 13.5. The first-order valence-corrected chi connectivity index (χ1v) is 8.21. The van der Waals surface area contributed by atoms with E-state index in [2.05, 4.69) is 10.3 Å². The number of nitrogens with two attached hydrogens (primary N) is 1. The molecule has 0 atom stereocenters. The number of primary amides is 1. The maximum absolute atomic E-state index is 12.7. The molecule has 3 rings (SSSR count). The van der Waals surface area contributed by atoms with Crippen molar-refractivity contribution in [1.29, 1.82) is 0 Å². The molecule has 3 N–H and O–H groups in total. The van der Waals surface area contributed by atoms with Gasteiger partial charge in [-0.2, -0.15) is 13.2 Å². The van der Waals surface area contributed by atoms with Gasteiger partial charge in [-0.3, -0.25) is 4.79 Å². The van der Waals surface area contributed by atoms with E-state index < -0.39 is 23.1 Å². The smallest absolute Gasteiger partial charge is 0.381 e. The molecule has 0 saturated carbocycles. The second-order valence-electron chi connectivity index (χ2n) is 5.81. The number of fused-ring (bicyclic) bond motifs is 1. The minimum atomic E-state index is -4.40. The van der Waals surface area contributed by atoms with Gasteiger partial charge in [-0.15, -0.1) is 0 Å². The van der Waals surface area contributed by atoms with Crippen molar-refractivity contribution in [2.75, 3.05) is 25.1 Å². The van der Waals surface area contributed by atoms with Crippen LogP contribution in [0, 0.1) is 5.41 Å². The molecule has 1 fully saturated rings. The largest absolute Gasteiger partial charge is 0.416 e. The number of thiazole rings is 1. The highest BCUT2D eigenvalue weighted by Crippen LogP contribution is 2.35. The Morgan fingerprint density at radius 3 is 2.71 bits per heavy atom. The van der Waals surface area contributed by atoms with E-state index in [0.29, 0.717) is 35.9 Å². The maximum atomic E-state index is 12.7. The zero-order chi connectivity index (χ0) is 17.4. The van der Waals surface area contributed by atoms with Gasteiger partial charge >= 0.3 is 6.18 Å². The Morgan fingerprint density at radius 1 is 1.38 bits per heavy atom. The number of aromatic nitrogens is 1. The second kappa shape index (κ2) is 6.21. The number of nitrogens with zero attached hydrogens (tertiary/aromatic N) is 1. The van der Waals surface area contributed by atoms with Crippen LogP contribution in [0.1, 0.15) is 18.4 Å². The molecule has 0 spiro atoms. The molecule has 0 unspecified atom stereocenters. The van der Waals surface area contributed by atoms with Crippen LogP contribution >= 0.6 is 11.3 Å². The number of carbonyl (C=O) groups excluding carboxylic acids is 1. The van der Waals surface area contributed by atoms with Crippen LogP contribution in [0.2, 0.25) is 0 Å². The molecule has 0 bridgehead atoms. The van der Waals surface area contributed by atoms with Crippen LogP contribution in [0.15, 0.2) is 18.2 Å². The molecule has 1 aliphatic heterocycles. The fourth-order valence-corrected chi connectivity index (χ4v) is 3.54. The summed E-state index contributed by atoms with van der Waals surface area (Å²) in [5.41, 5.74) is 4.36. The van der Waals surface area contributed by atoms with Crippen molar-refractivity contribution < 1.29 is 22.7 Å². The van der Waals surface area contributed by atoms with Crippen molar-refractivity contribution in [2.24, 2.45) is 11.1 Å². The average molecular weight is 359 g/mol. The lowest BCUT2D eigenvalue weighted by Gasteiger charge is -2.34. The molecule has 0 radical (unpaired) electrons. The predicted molar refractivity (Wildman–Crippen MR) is 84.8 cm³/mol. The molecule has 2 heterocycles. The number of nitrogens with one attached hydrogen (secondary N) is 1. The van der Waals surface area contributed by atoms with Gasteiger partial charge < -0.3 is 15.8 Å². The summed E-state index contributed by atoms with van der Waals surface area (Å²) in [6, 6.07) is 3.46. The summed E-state index contributed by atoms with van der Waals surface area (Å²) in [4.78, 5) is 16.0. The molecule has 1 saturated heterocycles. The van der Waals surface area contributed by atoms with Gasteiger partial charge in [0.1, 0.15) is 0 Å². The first kappa shape index (κ1) is 17.0. The van der Waals surface area contributed by atoms with E-state index in [9.17, 15) is 18.0 Å². The van der Waals surface area contributed by atoms with E-state index in [1.165, 1.54) is 17.4 Å². The van der Waals surface area contributed by atoms with Gasteiger partial charge in [0, 0.05) is 19.8 Å². The third kappa shape index (κ3) is 3.32. The normalized spacial score (nSPS) is 17.8. The number of ether oxygens (including phenoxy) is 1. The number of halogens is 3. The molecule has 2 aromatic rings. The summed E-state index contributed by atoms with van der Waals surface area (Å²) in [5, 5.41) is 3.52. The van der Waals surface area contributed by atoms with Crippen molar-refractivity contribution in [1.82, 2.24) is 4.98 Å². The highest BCUT2D eigenvalue weighted by Gasteiger charge is 2.38. The topological polar surface area (TPSA) is 77.2 Å². The summed E-state index contributed by atoms with van der Waals surface area (Å²) in [6.45, 7) is 1.20. The van der Waals surface area contributed by atoms with Crippen molar-refractivity contribution >= 4 is 32.6 Å². The van der Waals surface area contributed by atoms with E-state index in [1.54, 1.807) is 0 Å². The van der Waals surface area contributed by atoms with E-state index in [-0.39, 0.29) is 12.1 Å². The van der Waals surface area contributed by atoms with Crippen molar-refractivity contribution in [3.8, 4) is 0 Å². The summed E-state index contributed by atoms with van der Waals surface area (Å²) in [5.74, 6) is -0.404. The van der Waals surface area contributed by atoms with Crippen LogP contribution in [0.25, 0.3) is 10.2 Å². The molecule has 1 aromatic carbocycles. The number of carbonyl (C=O) groups is 1. The van der Waals surface area contributed by atoms with Crippen LogP contribution in [-0.4, -0.2) is 30.6 Å². The number of benzene rings is 1. The number of hydrogen-bond donors (Lipinski definition) is 2. The fourth-order valence-electron chi connectivity index (χ4n) is 2.70. The van der Waals surface area contributed by atoms with E-state index in [1.807, 2.05) is 0 Å². The Labute approximate surface area is 140 Å². The summed E-state index contributed by atoms with van der Waals surface area (Å²) < 4.78 is 44.2. The van der Waals surface area contributed by atoms with E-state index in [4.69, 9.17) is 10.5 Å². The van der Waals surface area contributed by atoms with Gasteiger partial charge in [0.25, 0.3) is 0 Å². The van der Waals surface area contributed by atoms with E-state index in [0.717, 1.165) is 12.1 Å². The second-order valence-corrected chi connectivity index (χ2v) is 6.84. The maximum Gasteiger partial charge on any atom is 0.416 e. The molecule has 5 nitrogen and oxygen atoms in total. The molecule has 0 aliphatic carbocycles. The van der Waals surface area contributed by atoms with E-state index >= 15 is 0 Å². The van der Waals surface area contributed by atoms with Crippen LogP contribution in [0.5, 0.6) is 0 Å². The van der Waals surface area contributed by atoms with Crippen molar-refractivity contribution in [3.05, 3.63) is 23.8 Å². The first-order valence-electron chi connectivity index (χ1n) is 7.39. The molecule has 1 amide bonds. The Hall–Kier alpha value is -1.87. The minimum absolute atomic E-state index is 0.275. The lowest BCUT2D eigenvalue weighted by molar-refractivity contribution is -0.137. The Kier molecular flexibility index (Phi) is 4.39. The van der Waals surface area contributed by atoms with Crippen LogP contribution < -0.4 is 11.1 Å². The quantitative estimate of drug-likeness (QED) is 0.880. The van der Waals surface area contributed by atoms with Gasteiger partial charge in [-0.05, 0) is 31.0 Å². The number of amides is 1. The van der Waals surface area contributed by atoms with Crippen molar-refractivity contribution in [3.63, 3.8) is 0 Å². The predicted octanol–water partition coefficient (Wildman–Crippen LogP) is 3.01. The average Bonchev–Trinajstić information content (AvgIpc) is 2.95. The highest BCUT2D eigenvalue weighted by atomic mass is 32.1. The highest BCUT2D eigenvalue weighted by molar-refractivity contribution is 7.22. The van der Waals surface area contributed by atoms with Gasteiger partial charge in [0.05, 0.1) is 21.2 Å². The molecule has 130 valence electrons. The summed E-state index contributed by atoms with van der Waals surface area (Å²) in [6.07, 6.45) is -3.37. The lowest BCUT2D eigenvalue weighted by atomic mass is 9.79. The molecule has 1 aromatic heterocycles. The fraction of sp³-hybridized carbons (Fsp3) is 0.467. The van der Waals surface area contributed by atoms with Crippen molar-refractivity contribution in [2.45, 2.75) is 19.0 Å². The number of rotatable bonds is 4. The molecular weight excluding hydrogens is 343 g/mol.